The highest BCUT2D eigenvalue weighted by Gasteiger charge is 2.30. The van der Waals surface area contributed by atoms with Crippen LogP contribution in [-0.2, 0) is 10.2 Å². The van der Waals surface area contributed by atoms with Crippen molar-refractivity contribution in [3.8, 4) is 11.5 Å². The fourth-order valence-electron chi connectivity index (χ4n) is 3.86. The minimum Gasteiger partial charge on any atom is -0.430 e. The van der Waals surface area contributed by atoms with Gasteiger partial charge < -0.3 is 19.0 Å². The number of amides is 1. The lowest BCUT2D eigenvalue weighted by molar-refractivity contribution is 0.0675. The summed E-state index contributed by atoms with van der Waals surface area (Å²) in [6, 6.07) is 4.49. The van der Waals surface area contributed by atoms with E-state index in [0.29, 0.717) is 55.4 Å². The molecule has 5 rings (SSSR count). The molecular weight excluding hydrogens is 494 g/mol. The van der Waals surface area contributed by atoms with Crippen molar-refractivity contribution >= 4 is 29.4 Å². The van der Waals surface area contributed by atoms with E-state index in [1.165, 1.54) is 12.1 Å². The highest BCUT2D eigenvalue weighted by molar-refractivity contribution is 6.30. The van der Waals surface area contributed by atoms with Crippen molar-refractivity contribution in [3.63, 3.8) is 0 Å². The second kappa shape index (κ2) is 9.45. The number of benzene rings is 1. The van der Waals surface area contributed by atoms with E-state index >= 15 is 0 Å². The van der Waals surface area contributed by atoms with E-state index < -0.39 is 17.9 Å². The molecule has 1 aromatic carbocycles. The Kier molecular flexibility index (Phi) is 6.33. The summed E-state index contributed by atoms with van der Waals surface area (Å²) in [6.07, 6.45) is 3.89. The molecule has 1 saturated heterocycles. The van der Waals surface area contributed by atoms with Crippen molar-refractivity contribution in [2.24, 2.45) is 9.98 Å². The zero-order valence-electron chi connectivity index (χ0n) is 19.7. The van der Waals surface area contributed by atoms with Gasteiger partial charge in [0.25, 0.3) is 17.8 Å². The Morgan fingerprint density at radius 3 is 2.64 bits per heavy atom. The molecule has 4 heterocycles. The number of nitrogens with zero attached hydrogens (tertiary/aromatic N) is 6. The number of amidine groups is 2. The largest absolute Gasteiger partial charge is 0.430 e. The molecule has 0 spiro atoms. The second-order valence-electron chi connectivity index (χ2n) is 9.23. The number of ether oxygens (including phenoxy) is 1. The minimum absolute atomic E-state index is 0.0468. The molecule has 0 N–H and O–H groups in total. The molecule has 3 aliphatic rings. The summed E-state index contributed by atoms with van der Waals surface area (Å²) in [5.41, 5.74) is -0.725. The van der Waals surface area contributed by atoms with Crippen LogP contribution in [0.25, 0.3) is 11.5 Å². The van der Waals surface area contributed by atoms with Gasteiger partial charge in [0.1, 0.15) is 29.2 Å². The van der Waals surface area contributed by atoms with Crippen LogP contribution in [0.5, 0.6) is 0 Å². The standard InChI is InChI=1S/C24H23ClF2N6O3/c1-24(2,13-26)22-31-30-20(36-22)16-5-3-14(11-17(16)27)21(34)32-7-9-33(10-8-32)23-29-19-12-15(35-23)4-6-18(25)28-19/h3-6,11H,7-10,12-13H2,1-2H3. The lowest BCUT2D eigenvalue weighted by Gasteiger charge is -2.36. The first-order chi connectivity index (χ1) is 17.2. The number of hydrogen-bond donors (Lipinski definition) is 0. The van der Waals surface area contributed by atoms with E-state index in [1.807, 2.05) is 4.90 Å². The number of fused-ring (bicyclic) bond motifs is 2. The monoisotopic (exact) mass is 516 g/mol. The molecule has 0 unspecified atom stereocenters. The molecule has 9 nitrogen and oxygen atoms in total. The SMILES string of the molecule is CC(C)(CF)c1nnc(-c2ccc(C(=O)N3CCN(C4=NC5=NC(Cl)=CC=C(C5)O4)CC3)cc2F)o1. The summed E-state index contributed by atoms with van der Waals surface area (Å²) in [6.45, 7) is 4.31. The Hall–Kier alpha value is -3.60. The Labute approximate surface area is 210 Å². The number of alkyl halides is 1. The van der Waals surface area contributed by atoms with Crippen LogP contribution >= 0.6 is 11.6 Å². The molecule has 0 atom stereocenters. The summed E-state index contributed by atoms with van der Waals surface area (Å²) in [7, 11) is 0. The van der Waals surface area contributed by atoms with Gasteiger partial charge in [0, 0.05) is 31.7 Å². The molecule has 2 bridgehead atoms. The lowest BCUT2D eigenvalue weighted by atomic mass is 9.96. The smallest absolute Gasteiger partial charge is 0.299 e. The van der Waals surface area contributed by atoms with Crippen molar-refractivity contribution < 1.29 is 22.7 Å². The van der Waals surface area contributed by atoms with Crippen LogP contribution in [0, 0.1) is 5.82 Å². The Morgan fingerprint density at radius 1 is 1.14 bits per heavy atom. The van der Waals surface area contributed by atoms with Gasteiger partial charge >= 0.3 is 0 Å². The highest BCUT2D eigenvalue weighted by Crippen LogP contribution is 2.28. The number of aromatic nitrogens is 2. The van der Waals surface area contributed by atoms with Crippen LogP contribution in [0.3, 0.4) is 0 Å². The fraction of sp³-hybridized carbons (Fsp3) is 0.375. The Balaban J connectivity index is 1.25. The first kappa shape index (κ1) is 24.1. The number of hydrogen-bond acceptors (Lipinski definition) is 8. The van der Waals surface area contributed by atoms with Crippen molar-refractivity contribution in [1.82, 2.24) is 20.0 Å². The third-order valence-electron chi connectivity index (χ3n) is 6.04. The van der Waals surface area contributed by atoms with Crippen molar-refractivity contribution in [2.45, 2.75) is 25.7 Å². The molecular formula is C24H23ClF2N6O3. The third kappa shape index (κ3) is 4.75. The molecule has 12 heteroatoms. The number of piperazine rings is 1. The summed E-state index contributed by atoms with van der Waals surface area (Å²) in [5.74, 6) is 0.296. The summed E-state index contributed by atoms with van der Waals surface area (Å²) < 4.78 is 39.4. The zero-order valence-corrected chi connectivity index (χ0v) is 20.4. The maximum atomic E-state index is 14.9. The maximum Gasteiger partial charge on any atom is 0.299 e. The van der Waals surface area contributed by atoms with Crippen molar-refractivity contribution in [2.75, 3.05) is 32.9 Å². The van der Waals surface area contributed by atoms with Crippen LogP contribution in [0.1, 0.15) is 36.5 Å². The molecule has 0 saturated carbocycles. The summed E-state index contributed by atoms with van der Waals surface area (Å²) in [4.78, 5) is 25.3. The highest BCUT2D eigenvalue weighted by atomic mass is 35.5. The van der Waals surface area contributed by atoms with Crippen LogP contribution in [0.15, 0.2) is 55.7 Å². The fourth-order valence-corrected chi connectivity index (χ4v) is 4.03. The average Bonchev–Trinajstić information content (AvgIpc) is 3.33. The molecule has 1 fully saturated rings. The molecule has 3 aliphatic heterocycles. The first-order valence-electron chi connectivity index (χ1n) is 11.4. The number of carbonyl (C=O) groups is 1. The van der Waals surface area contributed by atoms with Gasteiger partial charge in [-0.05, 0) is 44.2 Å². The predicted molar refractivity (Wildman–Crippen MR) is 129 cm³/mol. The quantitative estimate of drug-likeness (QED) is 0.569. The molecule has 188 valence electrons. The number of aliphatic imine (C=N–C) groups is 2. The van der Waals surface area contributed by atoms with Gasteiger partial charge in [0.05, 0.1) is 17.4 Å². The normalized spacial score (nSPS) is 18.0. The van der Waals surface area contributed by atoms with Gasteiger partial charge in [-0.2, -0.15) is 4.99 Å². The van der Waals surface area contributed by atoms with Gasteiger partial charge in [-0.1, -0.05) is 11.6 Å². The van der Waals surface area contributed by atoms with E-state index in [0.717, 1.165) is 6.07 Å². The molecule has 1 aromatic heterocycles. The second-order valence-corrected chi connectivity index (χ2v) is 9.61. The van der Waals surface area contributed by atoms with E-state index in [9.17, 15) is 13.6 Å². The topological polar surface area (TPSA) is 96.4 Å². The molecule has 2 aromatic rings. The molecule has 1 amide bonds. The predicted octanol–water partition coefficient (Wildman–Crippen LogP) is 4.03. The maximum absolute atomic E-state index is 14.9. The van der Waals surface area contributed by atoms with Gasteiger partial charge in [-0.3, -0.25) is 4.79 Å². The van der Waals surface area contributed by atoms with E-state index in [1.54, 1.807) is 30.9 Å². The summed E-state index contributed by atoms with van der Waals surface area (Å²) >= 11 is 6.01. The van der Waals surface area contributed by atoms with E-state index in [-0.39, 0.29) is 28.8 Å². The van der Waals surface area contributed by atoms with Gasteiger partial charge in [-0.25, -0.2) is 13.8 Å². The van der Waals surface area contributed by atoms with Crippen molar-refractivity contribution in [1.29, 1.82) is 0 Å². The van der Waals surface area contributed by atoms with Gasteiger partial charge in [0.2, 0.25) is 5.89 Å². The Bertz CT molecular complexity index is 1320. The van der Waals surface area contributed by atoms with Crippen LogP contribution in [0.2, 0.25) is 0 Å². The number of allylic oxidation sites excluding steroid dienone is 2. The van der Waals surface area contributed by atoms with Gasteiger partial charge in [-0.15, -0.1) is 10.2 Å². The van der Waals surface area contributed by atoms with Crippen LogP contribution < -0.4 is 0 Å². The first-order valence-corrected chi connectivity index (χ1v) is 11.8. The Morgan fingerprint density at radius 2 is 1.92 bits per heavy atom. The third-order valence-corrected chi connectivity index (χ3v) is 6.25. The molecule has 36 heavy (non-hydrogen) atoms. The van der Waals surface area contributed by atoms with Crippen LogP contribution in [-0.4, -0.2) is 70.6 Å². The number of carbonyl (C=O) groups excluding carboxylic acids is 1. The van der Waals surface area contributed by atoms with Gasteiger partial charge in [0.15, 0.2) is 0 Å². The summed E-state index contributed by atoms with van der Waals surface area (Å²) in [5, 5.41) is 8.01. The number of rotatable bonds is 4. The molecule has 0 radical (unpaired) electrons. The zero-order chi connectivity index (χ0) is 25.4. The lowest BCUT2D eigenvalue weighted by Crippen LogP contribution is -2.51. The van der Waals surface area contributed by atoms with Crippen molar-refractivity contribution in [3.05, 3.63) is 58.5 Å². The number of halogens is 3. The minimum atomic E-state index is -0.972. The van der Waals surface area contributed by atoms with Crippen LogP contribution in [0.4, 0.5) is 8.78 Å². The van der Waals surface area contributed by atoms with E-state index in [4.69, 9.17) is 20.8 Å². The molecule has 0 aliphatic carbocycles. The average molecular weight is 517 g/mol. The van der Waals surface area contributed by atoms with E-state index in [2.05, 4.69) is 20.2 Å².